The fourth-order valence-electron chi connectivity index (χ4n) is 1.15. The van der Waals surface area contributed by atoms with E-state index in [0.29, 0.717) is 5.69 Å². The minimum atomic E-state index is 0.575. The van der Waals surface area contributed by atoms with Crippen LogP contribution < -0.4 is 0 Å². The first kappa shape index (κ1) is 8.21. The molecule has 13 heavy (non-hydrogen) atoms. The smallest absolute Gasteiger partial charge is 0.205 e. The van der Waals surface area contributed by atoms with Gasteiger partial charge in [0.15, 0.2) is 0 Å². The van der Waals surface area contributed by atoms with E-state index < -0.39 is 0 Å². The van der Waals surface area contributed by atoms with Crippen molar-refractivity contribution in [1.82, 2.24) is 4.98 Å². The molecule has 1 aromatic carbocycles. The van der Waals surface area contributed by atoms with Crippen molar-refractivity contribution in [1.29, 1.82) is 0 Å². The number of halogens is 1. The molecule has 2 aromatic rings. The van der Waals surface area contributed by atoms with Gasteiger partial charge in [-0.2, -0.15) is 0 Å². The molecule has 0 bridgehead atoms. The second-order valence-corrected chi connectivity index (χ2v) is 3.56. The Hall–Kier alpha value is -1.40. The molecule has 1 heterocycles. The number of nitrogens with zero attached hydrogens (tertiary/aromatic N) is 2. The Balaban J connectivity index is 2.77. The molecule has 0 fully saturated rings. The monoisotopic (exact) mass is 232 g/mol. The number of benzene rings is 1. The third-order valence-corrected chi connectivity index (χ3v) is 2.25. The first-order valence-electron chi connectivity index (χ1n) is 3.72. The van der Waals surface area contributed by atoms with Crippen LogP contribution >= 0.6 is 15.9 Å². The molecule has 1 aromatic heterocycles. The molecule has 3 heteroatoms. The van der Waals surface area contributed by atoms with Gasteiger partial charge in [0.05, 0.1) is 12.1 Å². The summed E-state index contributed by atoms with van der Waals surface area (Å²) in [4.78, 5) is 7.48. The van der Waals surface area contributed by atoms with E-state index >= 15 is 0 Å². The van der Waals surface area contributed by atoms with E-state index in [-0.39, 0.29) is 0 Å². The van der Waals surface area contributed by atoms with Crippen LogP contribution in [0.1, 0.15) is 0 Å². The molecule has 0 aliphatic carbocycles. The van der Waals surface area contributed by atoms with E-state index in [9.17, 15) is 0 Å². The first-order chi connectivity index (χ1) is 6.29. The average Bonchev–Trinajstić information content (AvgIpc) is 2.16. The zero-order chi connectivity index (χ0) is 9.26. The Morgan fingerprint density at radius 2 is 2.15 bits per heavy atom. The molecule has 0 saturated heterocycles. The van der Waals surface area contributed by atoms with Crippen molar-refractivity contribution >= 4 is 32.5 Å². The highest BCUT2D eigenvalue weighted by Gasteiger charge is 1.97. The molecule has 0 unspecified atom stereocenters. The van der Waals surface area contributed by atoms with Crippen molar-refractivity contribution < 1.29 is 0 Å². The lowest BCUT2D eigenvalue weighted by Crippen LogP contribution is -1.76. The Bertz CT molecular complexity index is 500. The van der Waals surface area contributed by atoms with E-state index in [1.54, 1.807) is 6.20 Å². The minimum Gasteiger partial charge on any atom is -0.268 e. The molecule has 0 atom stereocenters. The van der Waals surface area contributed by atoms with Crippen LogP contribution in [-0.2, 0) is 0 Å². The molecule has 0 radical (unpaired) electrons. The Morgan fingerprint density at radius 1 is 1.31 bits per heavy atom. The van der Waals surface area contributed by atoms with Crippen molar-refractivity contribution in [2.75, 3.05) is 0 Å². The average molecular weight is 233 g/mol. The summed E-state index contributed by atoms with van der Waals surface area (Å²) in [6, 6.07) is 7.65. The summed E-state index contributed by atoms with van der Waals surface area (Å²) in [5, 5.41) is 0.989. The van der Waals surface area contributed by atoms with E-state index in [4.69, 9.17) is 6.57 Å². The fourth-order valence-corrected chi connectivity index (χ4v) is 1.53. The Morgan fingerprint density at radius 3 is 2.92 bits per heavy atom. The summed E-state index contributed by atoms with van der Waals surface area (Å²) in [6.45, 7) is 6.85. The highest BCUT2D eigenvalue weighted by molar-refractivity contribution is 9.10. The molecule has 0 spiro atoms. The van der Waals surface area contributed by atoms with E-state index in [0.717, 1.165) is 15.4 Å². The summed E-state index contributed by atoms with van der Waals surface area (Å²) in [5.41, 5.74) is 1.49. The number of pyridine rings is 1. The van der Waals surface area contributed by atoms with E-state index in [1.165, 1.54) is 0 Å². The lowest BCUT2D eigenvalue weighted by molar-refractivity contribution is 1.42. The molecule has 0 N–H and O–H groups in total. The van der Waals surface area contributed by atoms with Crippen LogP contribution in [-0.4, -0.2) is 4.98 Å². The predicted molar refractivity (Wildman–Crippen MR) is 55.7 cm³/mol. The van der Waals surface area contributed by atoms with Gasteiger partial charge < -0.3 is 0 Å². The first-order valence-corrected chi connectivity index (χ1v) is 4.52. The molecular weight excluding hydrogens is 228 g/mol. The normalized spacial score (nSPS) is 9.85. The molecule has 2 nitrogen and oxygen atoms in total. The third kappa shape index (κ3) is 1.53. The van der Waals surface area contributed by atoms with Gasteiger partial charge in [0.25, 0.3) is 0 Å². The number of hydrogen-bond donors (Lipinski definition) is 0. The van der Waals surface area contributed by atoms with Crippen molar-refractivity contribution in [3.05, 3.63) is 46.4 Å². The largest absolute Gasteiger partial charge is 0.268 e. The highest BCUT2D eigenvalue weighted by atomic mass is 79.9. The molecule has 0 aliphatic rings. The predicted octanol–water partition coefficient (Wildman–Crippen LogP) is 3.55. The number of aromatic nitrogens is 1. The van der Waals surface area contributed by atoms with Gasteiger partial charge in [0.2, 0.25) is 5.69 Å². The van der Waals surface area contributed by atoms with Crippen molar-refractivity contribution in [2.24, 2.45) is 0 Å². The van der Waals surface area contributed by atoms with Gasteiger partial charge in [0.1, 0.15) is 0 Å². The number of rotatable bonds is 0. The summed E-state index contributed by atoms with van der Waals surface area (Å²) < 4.78 is 1.00. The topological polar surface area (TPSA) is 17.2 Å². The Labute approximate surface area is 84.2 Å². The van der Waals surface area contributed by atoms with Gasteiger partial charge in [-0.1, -0.05) is 15.9 Å². The zero-order valence-corrected chi connectivity index (χ0v) is 8.25. The summed E-state index contributed by atoms with van der Waals surface area (Å²) in [5.74, 6) is 0. The third-order valence-electron chi connectivity index (χ3n) is 1.76. The summed E-state index contributed by atoms with van der Waals surface area (Å²) in [7, 11) is 0. The maximum atomic E-state index is 6.85. The van der Waals surface area contributed by atoms with Crippen LogP contribution in [0.25, 0.3) is 15.7 Å². The molecule has 0 saturated carbocycles. The second-order valence-electron chi connectivity index (χ2n) is 2.64. The summed E-state index contributed by atoms with van der Waals surface area (Å²) >= 11 is 3.37. The lowest BCUT2D eigenvalue weighted by Gasteiger charge is -1.97. The van der Waals surface area contributed by atoms with Crippen molar-refractivity contribution in [2.45, 2.75) is 0 Å². The standard InChI is InChI=1S/C10H5BrN2/c1-12-9-5-7-4-8(11)2-3-10(7)13-6-9/h2-6H. The van der Waals surface area contributed by atoms with Crippen LogP contribution in [0.2, 0.25) is 0 Å². The van der Waals surface area contributed by atoms with Crippen LogP contribution in [0, 0.1) is 6.57 Å². The molecule has 0 amide bonds. The summed E-state index contributed by atoms with van der Waals surface area (Å²) in [6.07, 6.45) is 1.59. The molecule has 62 valence electrons. The van der Waals surface area contributed by atoms with Crippen LogP contribution in [0.4, 0.5) is 5.69 Å². The highest BCUT2D eigenvalue weighted by Crippen LogP contribution is 2.21. The number of hydrogen-bond acceptors (Lipinski definition) is 1. The number of fused-ring (bicyclic) bond motifs is 1. The lowest BCUT2D eigenvalue weighted by atomic mass is 10.2. The van der Waals surface area contributed by atoms with Gasteiger partial charge in [0, 0.05) is 10.7 Å². The van der Waals surface area contributed by atoms with Crippen LogP contribution in [0.3, 0.4) is 0 Å². The van der Waals surface area contributed by atoms with Crippen LogP contribution in [0.5, 0.6) is 0 Å². The second kappa shape index (κ2) is 3.15. The minimum absolute atomic E-state index is 0.575. The van der Waals surface area contributed by atoms with E-state index in [2.05, 4.69) is 25.8 Å². The Kier molecular flexibility index (Phi) is 1.99. The van der Waals surface area contributed by atoms with E-state index in [1.807, 2.05) is 24.3 Å². The van der Waals surface area contributed by atoms with Gasteiger partial charge >= 0.3 is 0 Å². The van der Waals surface area contributed by atoms with Gasteiger partial charge in [-0.15, -0.1) is 0 Å². The molecule has 0 aliphatic heterocycles. The maximum Gasteiger partial charge on any atom is 0.205 e. The maximum absolute atomic E-state index is 6.85. The zero-order valence-electron chi connectivity index (χ0n) is 6.66. The van der Waals surface area contributed by atoms with Gasteiger partial charge in [-0.25, -0.2) is 4.85 Å². The van der Waals surface area contributed by atoms with Crippen molar-refractivity contribution in [3.8, 4) is 0 Å². The molecule has 2 rings (SSSR count). The van der Waals surface area contributed by atoms with Gasteiger partial charge in [-0.3, -0.25) is 4.98 Å². The fraction of sp³-hybridized carbons (Fsp3) is 0. The SMILES string of the molecule is [C-]#[N+]c1cnc2ccc(Br)cc2c1. The van der Waals surface area contributed by atoms with Crippen LogP contribution in [0.15, 0.2) is 34.9 Å². The van der Waals surface area contributed by atoms with Crippen molar-refractivity contribution in [3.63, 3.8) is 0 Å². The van der Waals surface area contributed by atoms with Gasteiger partial charge in [-0.05, 0) is 29.7 Å². The quantitative estimate of drug-likeness (QED) is 0.636. The molecular formula is C10H5BrN2.